The number of ether oxygens (including phenoxy) is 2. The van der Waals surface area contributed by atoms with Gasteiger partial charge in [0, 0.05) is 19.3 Å². The minimum absolute atomic E-state index is 0.0641. The quantitative estimate of drug-likeness (QED) is 0.598. The second-order valence-electron chi connectivity index (χ2n) is 8.42. The zero-order chi connectivity index (χ0) is 19.6. The van der Waals surface area contributed by atoms with E-state index in [0.717, 1.165) is 18.4 Å². The van der Waals surface area contributed by atoms with Crippen molar-refractivity contribution < 1.29 is 24.2 Å². The van der Waals surface area contributed by atoms with Gasteiger partial charge in [0.1, 0.15) is 6.10 Å². The van der Waals surface area contributed by atoms with E-state index in [1.54, 1.807) is 6.42 Å². The van der Waals surface area contributed by atoms with Gasteiger partial charge in [0.05, 0.1) is 18.1 Å². The second kappa shape index (κ2) is 8.12. The SMILES string of the molecule is CC(=O)O[C@@H]1[CH][C@@]2(O)[C@H](C)CC[C@H](C(C)COC(=O)C(C)C)[C@H]2C=C1C. The van der Waals surface area contributed by atoms with E-state index in [4.69, 9.17) is 9.47 Å². The molecular formula is C21H33O5. The molecule has 0 aromatic heterocycles. The van der Waals surface area contributed by atoms with Crippen LogP contribution in [0.15, 0.2) is 11.6 Å². The lowest BCUT2D eigenvalue weighted by Crippen LogP contribution is -2.56. The van der Waals surface area contributed by atoms with E-state index in [9.17, 15) is 14.7 Å². The largest absolute Gasteiger partial charge is 0.465 e. The minimum atomic E-state index is -1.02. The van der Waals surface area contributed by atoms with Crippen LogP contribution in [0.2, 0.25) is 0 Å². The topological polar surface area (TPSA) is 72.8 Å². The summed E-state index contributed by atoms with van der Waals surface area (Å²) in [4.78, 5) is 23.2. The van der Waals surface area contributed by atoms with Crippen LogP contribution in [0.5, 0.6) is 0 Å². The molecular weight excluding hydrogens is 332 g/mol. The van der Waals surface area contributed by atoms with Crippen molar-refractivity contribution >= 4 is 11.9 Å². The van der Waals surface area contributed by atoms with Crippen LogP contribution < -0.4 is 0 Å². The highest BCUT2D eigenvalue weighted by Crippen LogP contribution is 2.50. The standard InChI is InChI=1S/C21H33O5/c1-12(2)20(23)25-11-14(4)17-8-7-15(5)21(24)10-19(26-16(6)22)13(3)9-18(17)21/h9-10,12,14-15,17-19,24H,7-8,11H2,1-6H3/t14?,15-,17-,18-,19-,21-/m1/s1. The van der Waals surface area contributed by atoms with Gasteiger partial charge >= 0.3 is 11.9 Å². The Balaban J connectivity index is 2.19. The molecule has 5 nitrogen and oxygen atoms in total. The summed E-state index contributed by atoms with van der Waals surface area (Å²) in [5.41, 5.74) is -0.0703. The Morgan fingerprint density at radius 3 is 2.54 bits per heavy atom. The molecule has 0 heterocycles. The predicted molar refractivity (Wildman–Crippen MR) is 98.9 cm³/mol. The van der Waals surface area contributed by atoms with E-state index < -0.39 is 11.7 Å². The van der Waals surface area contributed by atoms with Crippen LogP contribution in [0, 0.1) is 36.0 Å². The Morgan fingerprint density at radius 2 is 1.96 bits per heavy atom. The van der Waals surface area contributed by atoms with Crippen molar-refractivity contribution in [3.8, 4) is 0 Å². The fourth-order valence-corrected chi connectivity index (χ4v) is 4.26. The first-order chi connectivity index (χ1) is 12.1. The molecule has 1 fully saturated rings. The third kappa shape index (κ3) is 4.30. The van der Waals surface area contributed by atoms with Crippen molar-refractivity contribution in [3.63, 3.8) is 0 Å². The normalized spacial score (nSPS) is 35.3. The Bertz CT molecular complexity index is 567. The van der Waals surface area contributed by atoms with Gasteiger partial charge in [-0.15, -0.1) is 0 Å². The van der Waals surface area contributed by atoms with Crippen molar-refractivity contribution in [3.05, 3.63) is 18.1 Å². The third-order valence-corrected chi connectivity index (χ3v) is 6.01. The molecule has 0 saturated heterocycles. The second-order valence-corrected chi connectivity index (χ2v) is 8.42. The fourth-order valence-electron chi connectivity index (χ4n) is 4.26. The zero-order valence-electron chi connectivity index (χ0n) is 16.8. The molecule has 26 heavy (non-hydrogen) atoms. The summed E-state index contributed by atoms with van der Waals surface area (Å²) in [7, 11) is 0. The highest BCUT2D eigenvalue weighted by Gasteiger charge is 2.53. The van der Waals surface area contributed by atoms with Gasteiger partial charge in [-0.25, -0.2) is 0 Å². The van der Waals surface area contributed by atoms with Crippen LogP contribution in [-0.2, 0) is 19.1 Å². The molecule has 2 aliphatic carbocycles. The Labute approximate surface area is 157 Å². The number of hydrogen-bond acceptors (Lipinski definition) is 5. The van der Waals surface area contributed by atoms with E-state index in [1.165, 1.54) is 6.92 Å². The van der Waals surface area contributed by atoms with Crippen LogP contribution in [0.1, 0.15) is 54.4 Å². The van der Waals surface area contributed by atoms with Crippen LogP contribution in [0.3, 0.4) is 0 Å². The Hall–Kier alpha value is -1.36. The predicted octanol–water partition coefficient (Wildman–Crippen LogP) is 3.31. The first-order valence-corrected chi connectivity index (χ1v) is 9.66. The molecule has 1 saturated carbocycles. The summed E-state index contributed by atoms with van der Waals surface area (Å²) in [5, 5.41) is 11.4. The maximum Gasteiger partial charge on any atom is 0.308 e. The summed E-state index contributed by atoms with van der Waals surface area (Å²) in [6.07, 6.45) is 5.25. The molecule has 0 spiro atoms. The van der Waals surface area contributed by atoms with E-state index in [1.807, 2.05) is 27.7 Å². The van der Waals surface area contributed by atoms with E-state index >= 15 is 0 Å². The first kappa shape index (κ1) is 20.9. The number of hydrogen-bond donors (Lipinski definition) is 1. The minimum Gasteiger partial charge on any atom is -0.465 e. The molecule has 147 valence electrons. The average Bonchev–Trinajstić information content (AvgIpc) is 2.54. The molecule has 6 atom stereocenters. The molecule has 0 bridgehead atoms. The summed E-state index contributed by atoms with van der Waals surface area (Å²) in [6.45, 7) is 11.5. The van der Waals surface area contributed by atoms with Crippen molar-refractivity contribution in [2.45, 2.75) is 66.1 Å². The summed E-state index contributed by atoms with van der Waals surface area (Å²) in [5.74, 6) is -0.309. The molecule has 1 N–H and O–H groups in total. The molecule has 2 aliphatic rings. The number of rotatable bonds is 5. The highest BCUT2D eigenvalue weighted by molar-refractivity contribution is 5.71. The van der Waals surface area contributed by atoms with Gasteiger partial charge in [-0.1, -0.05) is 33.8 Å². The van der Waals surface area contributed by atoms with Crippen molar-refractivity contribution in [1.82, 2.24) is 0 Å². The summed E-state index contributed by atoms with van der Waals surface area (Å²) >= 11 is 0. The maximum atomic E-state index is 11.8. The third-order valence-electron chi connectivity index (χ3n) is 6.01. The van der Waals surface area contributed by atoms with Crippen molar-refractivity contribution in [1.29, 1.82) is 0 Å². The number of esters is 2. The molecule has 1 unspecified atom stereocenters. The monoisotopic (exact) mass is 365 g/mol. The van der Waals surface area contributed by atoms with Crippen LogP contribution in [0.4, 0.5) is 0 Å². The van der Waals surface area contributed by atoms with Crippen LogP contribution in [0.25, 0.3) is 0 Å². The Morgan fingerprint density at radius 1 is 1.31 bits per heavy atom. The lowest BCUT2D eigenvalue weighted by atomic mass is 9.57. The molecule has 0 aromatic rings. The molecule has 0 aromatic carbocycles. The van der Waals surface area contributed by atoms with Crippen LogP contribution >= 0.6 is 0 Å². The molecule has 2 rings (SSSR count). The van der Waals surface area contributed by atoms with Gasteiger partial charge in [-0.05, 0) is 43.1 Å². The average molecular weight is 365 g/mol. The number of carbonyl (C=O) groups is 2. The Kier molecular flexibility index (Phi) is 6.54. The van der Waals surface area contributed by atoms with Crippen molar-refractivity contribution in [2.24, 2.45) is 29.6 Å². The first-order valence-electron chi connectivity index (χ1n) is 9.66. The van der Waals surface area contributed by atoms with Crippen LogP contribution in [-0.4, -0.2) is 35.4 Å². The smallest absolute Gasteiger partial charge is 0.308 e. The zero-order valence-corrected chi connectivity index (χ0v) is 16.8. The van der Waals surface area contributed by atoms with Gasteiger partial charge in [0.15, 0.2) is 0 Å². The lowest BCUT2D eigenvalue weighted by molar-refractivity contribution is -0.152. The molecule has 0 aliphatic heterocycles. The lowest BCUT2D eigenvalue weighted by Gasteiger charge is -2.52. The van der Waals surface area contributed by atoms with Gasteiger partial charge in [0.25, 0.3) is 0 Å². The van der Waals surface area contributed by atoms with Crippen molar-refractivity contribution in [2.75, 3.05) is 6.61 Å². The fraction of sp³-hybridized carbons (Fsp3) is 0.762. The molecule has 0 amide bonds. The molecule has 5 heteroatoms. The number of fused-ring (bicyclic) bond motifs is 1. The summed E-state index contributed by atoms with van der Waals surface area (Å²) < 4.78 is 10.8. The van der Waals surface area contributed by atoms with Gasteiger partial charge in [0.2, 0.25) is 0 Å². The van der Waals surface area contributed by atoms with Gasteiger partial charge in [-0.2, -0.15) is 0 Å². The number of aliphatic hydroxyl groups is 1. The molecule has 1 radical (unpaired) electrons. The van der Waals surface area contributed by atoms with Gasteiger partial charge in [-0.3, -0.25) is 9.59 Å². The highest BCUT2D eigenvalue weighted by atomic mass is 16.5. The van der Waals surface area contributed by atoms with E-state index in [2.05, 4.69) is 13.0 Å². The maximum absolute atomic E-state index is 11.8. The number of carbonyl (C=O) groups excluding carboxylic acids is 2. The summed E-state index contributed by atoms with van der Waals surface area (Å²) in [6, 6.07) is 0. The van der Waals surface area contributed by atoms with E-state index in [-0.39, 0.29) is 41.5 Å². The van der Waals surface area contributed by atoms with E-state index in [0.29, 0.717) is 6.61 Å². The van der Waals surface area contributed by atoms with Gasteiger partial charge < -0.3 is 14.6 Å².